The number of rotatable bonds is 7. The van der Waals surface area contributed by atoms with Gasteiger partial charge in [0, 0.05) is 35.1 Å². The highest BCUT2D eigenvalue weighted by Crippen LogP contribution is 2.31. The van der Waals surface area contributed by atoms with E-state index >= 15 is 0 Å². The molecule has 2 N–H and O–H groups in total. The zero-order valence-corrected chi connectivity index (χ0v) is 20.0. The molecule has 5 rings (SSSR count). The van der Waals surface area contributed by atoms with E-state index in [1.807, 2.05) is 36.4 Å². The van der Waals surface area contributed by atoms with Gasteiger partial charge in [-0.3, -0.25) is 4.79 Å². The molecule has 1 aliphatic rings. The minimum atomic E-state index is -0.221. The molecule has 0 aliphatic heterocycles. The van der Waals surface area contributed by atoms with E-state index in [-0.39, 0.29) is 5.91 Å². The Morgan fingerprint density at radius 3 is 2.97 bits per heavy atom. The fourth-order valence-electron chi connectivity index (χ4n) is 3.75. The number of hydrogen-bond donors (Lipinski definition) is 2. The lowest BCUT2D eigenvalue weighted by molar-refractivity contribution is 0.0928. The first kappa shape index (κ1) is 21.7. The summed E-state index contributed by atoms with van der Waals surface area (Å²) >= 11 is 9.99. The molecule has 1 aliphatic carbocycles. The van der Waals surface area contributed by atoms with Crippen LogP contribution in [0.3, 0.4) is 0 Å². The number of amides is 1. The maximum Gasteiger partial charge on any atom is 0.287 e. The molecule has 4 aromatic rings. The molecule has 0 atom stereocenters. The molecule has 9 heteroatoms. The number of allylic oxidation sites excluding steroid dienone is 4. The number of para-hydroxylation sites is 1. The molecule has 0 bridgehead atoms. The summed E-state index contributed by atoms with van der Waals surface area (Å²) in [7, 11) is 0. The van der Waals surface area contributed by atoms with Gasteiger partial charge in [-0.25, -0.2) is 4.98 Å². The molecule has 1 amide bonds. The van der Waals surface area contributed by atoms with Gasteiger partial charge in [0.2, 0.25) is 0 Å². The average molecular weight is 527 g/mol. The summed E-state index contributed by atoms with van der Waals surface area (Å²) in [6, 6.07) is 11.3. The van der Waals surface area contributed by atoms with Crippen LogP contribution >= 0.6 is 27.5 Å². The van der Waals surface area contributed by atoms with E-state index in [9.17, 15) is 4.79 Å². The number of fused-ring (bicyclic) bond motifs is 2. The number of benzene rings is 1. The lowest BCUT2D eigenvalue weighted by Gasteiger charge is -2.14. The van der Waals surface area contributed by atoms with Gasteiger partial charge in [0.25, 0.3) is 5.91 Å². The van der Waals surface area contributed by atoms with Gasteiger partial charge in [-0.2, -0.15) is 9.61 Å². The fraction of sp³-hybridized carbons (Fsp3) is 0.208. The van der Waals surface area contributed by atoms with Crippen LogP contribution in [0.2, 0.25) is 0 Å². The molecule has 33 heavy (non-hydrogen) atoms. The third kappa shape index (κ3) is 4.54. The van der Waals surface area contributed by atoms with Crippen molar-refractivity contribution in [3.8, 4) is 0 Å². The smallest absolute Gasteiger partial charge is 0.287 e. The minimum Gasteiger partial charge on any atom is -0.451 e. The molecule has 0 saturated heterocycles. The largest absolute Gasteiger partial charge is 0.451 e. The Kier molecular flexibility index (Phi) is 6.20. The molecule has 1 aromatic carbocycles. The number of carbonyl (C=O) groups is 1. The molecule has 3 aromatic heterocycles. The predicted octanol–water partition coefficient (Wildman–Crippen LogP) is 5.77. The summed E-state index contributed by atoms with van der Waals surface area (Å²) in [6.45, 7) is 1.14. The van der Waals surface area contributed by atoms with Crippen molar-refractivity contribution in [2.75, 3.05) is 18.4 Å². The fourth-order valence-corrected chi connectivity index (χ4v) is 4.37. The number of hydrogen-bond acceptors (Lipinski definition) is 5. The van der Waals surface area contributed by atoms with Gasteiger partial charge >= 0.3 is 0 Å². The number of furan rings is 1. The van der Waals surface area contributed by atoms with Gasteiger partial charge in [0.15, 0.2) is 11.4 Å². The van der Waals surface area contributed by atoms with Gasteiger partial charge in [0.05, 0.1) is 16.4 Å². The number of nitrogens with zero attached hydrogens (tertiary/aromatic N) is 3. The quantitative estimate of drug-likeness (QED) is 0.299. The Balaban J connectivity index is 1.24. The standard InChI is InChI=1S/C24H21BrClN5O2/c25-17-14-29-31-22(13-19(30-23(17)31)16-7-2-3-8-18(16)26)27-10-5-11-28-24(32)21-12-15-6-1-4-9-20(15)33-21/h1-2,4,6-7,9,12-14,27H,3,5,8,10-11H2,(H,28,32). The number of halogens is 2. The highest BCUT2D eigenvalue weighted by Gasteiger charge is 2.16. The Bertz CT molecular complexity index is 1370. The summed E-state index contributed by atoms with van der Waals surface area (Å²) in [4.78, 5) is 17.1. The van der Waals surface area contributed by atoms with E-state index in [0.29, 0.717) is 30.1 Å². The molecule has 0 radical (unpaired) electrons. The van der Waals surface area contributed by atoms with Gasteiger partial charge in [-0.15, -0.1) is 0 Å². The summed E-state index contributed by atoms with van der Waals surface area (Å²) in [5.41, 5.74) is 3.14. The SMILES string of the molecule is O=C(NCCCNc1cc(C2=C(Cl)CCC=C2)nc2c(Br)cnn12)c1cc2ccccc2o1. The first-order valence-corrected chi connectivity index (χ1v) is 11.9. The Morgan fingerprint density at radius 2 is 2.12 bits per heavy atom. The van der Waals surface area contributed by atoms with Crippen molar-refractivity contribution in [2.24, 2.45) is 0 Å². The monoisotopic (exact) mass is 525 g/mol. The van der Waals surface area contributed by atoms with Crippen LogP contribution in [0.1, 0.15) is 35.5 Å². The molecule has 168 valence electrons. The molecule has 7 nitrogen and oxygen atoms in total. The first-order valence-electron chi connectivity index (χ1n) is 10.7. The van der Waals surface area contributed by atoms with Gasteiger partial charge in [-0.1, -0.05) is 42.0 Å². The molecular formula is C24H21BrClN5O2. The second-order valence-corrected chi connectivity index (χ2v) is 9.01. The van der Waals surface area contributed by atoms with Crippen LogP contribution in [0.4, 0.5) is 5.82 Å². The Labute approximate surface area is 203 Å². The van der Waals surface area contributed by atoms with Crippen LogP contribution in [0, 0.1) is 0 Å². The van der Waals surface area contributed by atoms with Crippen LogP contribution in [0.25, 0.3) is 22.2 Å². The van der Waals surface area contributed by atoms with Crippen molar-refractivity contribution in [1.29, 1.82) is 0 Å². The van der Waals surface area contributed by atoms with Crippen molar-refractivity contribution in [3.63, 3.8) is 0 Å². The van der Waals surface area contributed by atoms with Crippen LogP contribution in [-0.2, 0) is 0 Å². The molecule has 3 heterocycles. The number of nitrogens with one attached hydrogen (secondary N) is 2. The molecule has 0 spiro atoms. The van der Waals surface area contributed by atoms with Crippen LogP contribution in [-0.4, -0.2) is 33.6 Å². The summed E-state index contributed by atoms with van der Waals surface area (Å²) < 4.78 is 8.17. The van der Waals surface area contributed by atoms with Gasteiger partial charge < -0.3 is 15.1 Å². The van der Waals surface area contributed by atoms with Crippen LogP contribution in [0.5, 0.6) is 0 Å². The lowest BCUT2D eigenvalue weighted by atomic mass is 10.0. The maximum absolute atomic E-state index is 12.4. The summed E-state index contributed by atoms with van der Waals surface area (Å²) in [5.74, 6) is 0.901. The van der Waals surface area contributed by atoms with Crippen molar-refractivity contribution in [1.82, 2.24) is 19.9 Å². The lowest BCUT2D eigenvalue weighted by Crippen LogP contribution is -2.25. The van der Waals surface area contributed by atoms with E-state index in [1.165, 1.54) is 0 Å². The van der Waals surface area contributed by atoms with Crippen molar-refractivity contribution >= 4 is 61.4 Å². The number of aromatic nitrogens is 3. The zero-order valence-electron chi connectivity index (χ0n) is 17.6. The highest BCUT2D eigenvalue weighted by molar-refractivity contribution is 9.10. The van der Waals surface area contributed by atoms with E-state index in [2.05, 4.69) is 37.7 Å². The third-order valence-electron chi connectivity index (χ3n) is 5.41. The minimum absolute atomic E-state index is 0.221. The van der Waals surface area contributed by atoms with Crippen molar-refractivity contribution in [2.45, 2.75) is 19.3 Å². The predicted molar refractivity (Wildman–Crippen MR) is 133 cm³/mol. The normalized spacial score (nSPS) is 13.8. The van der Waals surface area contributed by atoms with Gasteiger partial charge in [0.1, 0.15) is 11.4 Å². The summed E-state index contributed by atoms with van der Waals surface area (Å²) in [6.07, 6.45) is 8.32. The number of carbonyl (C=O) groups excluding carboxylic acids is 1. The molecule has 0 fully saturated rings. The topological polar surface area (TPSA) is 84.5 Å². The third-order valence-corrected chi connectivity index (χ3v) is 6.36. The average Bonchev–Trinajstić information content (AvgIpc) is 3.43. The van der Waals surface area contributed by atoms with E-state index in [4.69, 9.17) is 21.0 Å². The van der Waals surface area contributed by atoms with Crippen molar-refractivity contribution in [3.05, 3.63) is 75.7 Å². The van der Waals surface area contributed by atoms with Gasteiger partial charge in [-0.05, 0) is 47.3 Å². The molecule has 0 saturated carbocycles. The van der Waals surface area contributed by atoms with E-state index in [0.717, 1.165) is 51.2 Å². The Morgan fingerprint density at radius 1 is 1.24 bits per heavy atom. The summed E-state index contributed by atoms with van der Waals surface area (Å²) in [5, 5.41) is 12.4. The first-order chi connectivity index (χ1) is 16.1. The molecule has 0 unspecified atom stereocenters. The Hall–Kier alpha value is -3.10. The van der Waals surface area contributed by atoms with Crippen LogP contribution in [0.15, 0.2) is 68.7 Å². The second kappa shape index (κ2) is 9.41. The van der Waals surface area contributed by atoms with E-state index in [1.54, 1.807) is 16.8 Å². The van der Waals surface area contributed by atoms with Crippen molar-refractivity contribution < 1.29 is 9.21 Å². The van der Waals surface area contributed by atoms with Crippen LogP contribution < -0.4 is 10.6 Å². The van der Waals surface area contributed by atoms with E-state index < -0.39 is 0 Å². The second-order valence-electron chi connectivity index (χ2n) is 7.70. The number of anilines is 1. The zero-order chi connectivity index (χ0) is 22.8. The maximum atomic E-state index is 12.4. The highest BCUT2D eigenvalue weighted by atomic mass is 79.9. The molecular weight excluding hydrogens is 506 g/mol.